The third kappa shape index (κ3) is 5.64. The van der Waals surface area contributed by atoms with Crippen molar-refractivity contribution in [2.24, 2.45) is 17.3 Å². The third-order valence-electron chi connectivity index (χ3n) is 3.07. The monoisotopic (exact) mass is 254 g/mol. The summed E-state index contributed by atoms with van der Waals surface area (Å²) in [6.07, 6.45) is 2.99. The van der Waals surface area contributed by atoms with E-state index in [4.69, 9.17) is 0 Å². The minimum Gasteiger partial charge on any atom is -0.316 e. The number of rotatable bonds is 6. The molecule has 1 heterocycles. The van der Waals surface area contributed by atoms with Gasteiger partial charge in [-0.05, 0) is 30.3 Å². The second kappa shape index (κ2) is 6.50. The average molecular weight is 254 g/mol. The lowest BCUT2D eigenvalue weighted by atomic mass is 9.79. The quantitative estimate of drug-likeness (QED) is 0.839. The number of thiazole rings is 1. The molecule has 0 saturated carbocycles. The molecule has 0 fully saturated rings. The Labute approximate surface area is 110 Å². The van der Waals surface area contributed by atoms with Gasteiger partial charge in [0.1, 0.15) is 0 Å². The van der Waals surface area contributed by atoms with Crippen molar-refractivity contribution >= 4 is 11.3 Å². The first-order valence-electron chi connectivity index (χ1n) is 6.48. The Balaban J connectivity index is 2.50. The van der Waals surface area contributed by atoms with Gasteiger partial charge >= 0.3 is 0 Å². The van der Waals surface area contributed by atoms with Gasteiger partial charge in [-0.25, -0.2) is 4.98 Å². The van der Waals surface area contributed by atoms with Crippen LogP contribution in [0.2, 0.25) is 0 Å². The van der Waals surface area contributed by atoms with Crippen LogP contribution in [-0.4, -0.2) is 18.1 Å². The number of hydrogen-bond donors (Lipinski definition) is 1. The van der Waals surface area contributed by atoms with Crippen molar-refractivity contribution in [1.82, 2.24) is 10.3 Å². The molecular weight excluding hydrogens is 228 g/mol. The van der Waals surface area contributed by atoms with Gasteiger partial charge in [-0.15, -0.1) is 11.3 Å². The summed E-state index contributed by atoms with van der Waals surface area (Å²) in [6.45, 7) is 13.7. The number of nitrogens with zero attached hydrogens (tertiary/aromatic N) is 1. The summed E-state index contributed by atoms with van der Waals surface area (Å²) in [6, 6.07) is 0. The minimum absolute atomic E-state index is 0.329. The van der Waals surface area contributed by atoms with Gasteiger partial charge in [0.2, 0.25) is 0 Å². The van der Waals surface area contributed by atoms with Gasteiger partial charge in [0.15, 0.2) is 0 Å². The lowest BCUT2D eigenvalue weighted by molar-refractivity contribution is 0.228. The van der Waals surface area contributed by atoms with Gasteiger partial charge in [-0.2, -0.15) is 0 Å². The third-order valence-corrected chi connectivity index (χ3v) is 3.87. The van der Waals surface area contributed by atoms with Crippen LogP contribution in [0, 0.1) is 17.3 Å². The second-order valence-corrected chi connectivity index (χ2v) is 7.22. The SMILES string of the molecule is CC(C)CNCC(Cc1nccs1)C(C)(C)C. The average Bonchev–Trinajstić information content (AvgIpc) is 2.66. The zero-order valence-corrected chi connectivity index (χ0v) is 12.6. The van der Waals surface area contributed by atoms with Crippen molar-refractivity contribution in [3.8, 4) is 0 Å². The fraction of sp³-hybridized carbons (Fsp3) is 0.786. The number of aromatic nitrogens is 1. The molecular formula is C14H26N2S. The highest BCUT2D eigenvalue weighted by Crippen LogP contribution is 2.29. The molecule has 1 N–H and O–H groups in total. The highest BCUT2D eigenvalue weighted by atomic mass is 32.1. The maximum Gasteiger partial charge on any atom is 0.0928 e. The van der Waals surface area contributed by atoms with E-state index in [9.17, 15) is 0 Å². The first-order chi connectivity index (χ1) is 7.89. The van der Waals surface area contributed by atoms with Crippen molar-refractivity contribution < 1.29 is 0 Å². The second-order valence-electron chi connectivity index (χ2n) is 6.25. The molecule has 0 radical (unpaired) electrons. The van der Waals surface area contributed by atoms with E-state index >= 15 is 0 Å². The maximum absolute atomic E-state index is 4.40. The Kier molecular flexibility index (Phi) is 5.60. The Morgan fingerprint density at radius 2 is 2.00 bits per heavy atom. The normalized spacial score (nSPS) is 14.2. The molecule has 0 aliphatic rings. The summed E-state index contributed by atoms with van der Waals surface area (Å²) in [5.41, 5.74) is 0.329. The van der Waals surface area contributed by atoms with Crippen LogP contribution >= 0.6 is 11.3 Å². The van der Waals surface area contributed by atoms with E-state index in [0.29, 0.717) is 11.3 Å². The first kappa shape index (κ1) is 14.7. The van der Waals surface area contributed by atoms with Crippen LogP contribution in [0.25, 0.3) is 0 Å². The zero-order valence-electron chi connectivity index (χ0n) is 11.8. The molecule has 0 aliphatic heterocycles. The van der Waals surface area contributed by atoms with Gasteiger partial charge < -0.3 is 5.32 Å². The molecule has 1 atom stereocenters. The Hall–Kier alpha value is -0.410. The minimum atomic E-state index is 0.329. The standard InChI is InChI=1S/C14H26N2S/c1-11(2)9-15-10-12(14(3,4)5)8-13-16-6-7-17-13/h6-7,11-12,15H,8-10H2,1-5H3. The van der Waals surface area contributed by atoms with Crippen molar-refractivity contribution in [3.05, 3.63) is 16.6 Å². The van der Waals surface area contributed by atoms with Gasteiger partial charge in [-0.3, -0.25) is 0 Å². The molecule has 0 saturated heterocycles. The zero-order chi connectivity index (χ0) is 12.9. The lowest BCUT2D eigenvalue weighted by Crippen LogP contribution is -2.34. The highest BCUT2D eigenvalue weighted by Gasteiger charge is 2.25. The fourth-order valence-electron chi connectivity index (χ4n) is 1.80. The van der Waals surface area contributed by atoms with Crippen LogP contribution in [0.3, 0.4) is 0 Å². The molecule has 1 rings (SSSR count). The van der Waals surface area contributed by atoms with Crippen LogP contribution in [0.4, 0.5) is 0 Å². The van der Waals surface area contributed by atoms with E-state index in [0.717, 1.165) is 25.4 Å². The predicted molar refractivity (Wildman–Crippen MR) is 76.5 cm³/mol. The molecule has 98 valence electrons. The van der Waals surface area contributed by atoms with E-state index < -0.39 is 0 Å². The van der Waals surface area contributed by atoms with E-state index in [1.807, 2.05) is 6.20 Å². The lowest BCUT2D eigenvalue weighted by Gasteiger charge is -2.30. The van der Waals surface area contributed by atoms with Crippen molar-refractivity contribution in [2.45, 2.75) is 41.0 Å². The van der Waals surface area contributed by atoms with Gasteiger partial charge in [0.25, 0.3) is 0 Å². The van der Waals surface area contributed by atoms with Crippen LogP contribution in [0.15, 0.2) is 11.6 Å². The van der Waals surface area contributed by atoms with Crippen molar-refractivity contribution in [1.29, 1.82) is 0 Å². The molecule has 0 bridgehead atoms. The van der Waals surface area contributed by atoms with Crippen LogP contribution in [0.5, 0.6) is 0 Å². The largest absolute Gasteiger partial charge is 0.316 e. The van der Waals surface area contributed by atoms with E-state index in [1.165, 1.54) is 5.01 Å². The molecule has 1 aromatic rings. The topological polar surface area (TPSA) is 24.9 Å². The first-order valence-corrected chi connectivity index (χ1v) is 7.36. The molecule has 1 unspecified atom stereocenters. The molecule has 3 heteroatoms. The Morgan fingerprint density at radius 3 is 2.47 bits per heavy atom. The molecule has 0 aliphatic carbocycles. The van der Waals surface area contributed by atoms with Gasteiger partial charge in [0.05, 0.1) is 5.01 Å². The van der Waals surface area contributed by atoms with E-state index in [2.05, 4.69) is 50.3 Å². The van der Waals surface area contributed by atoms with Gasteiger partial charge in [-0.1, -0.05) is 34.6 Å². The summed E-state index contributed by atoms with van der Waals surface area (Å²) in [7, 11) is 0. The Bertz CT molecular complexity index is 299. The fourth-order valence-corrected chi connectivity index (χ4v) is 2.49. The molecule has 2 nitrogen and oxygen atoms in total. The highest BCUT2D eigenvalue weighted by molar-refractivity contribution is 7.09. The molecule has 17 heavy (non-hydrogen) atoms. The molecule has 0 spiro atoms. The summed E-state index contributed by atoms with van der Waals surface area (Å²) < 4.78 is 0. The van der Waals surface area contributed by atoms with Crippen molar-refractivity contribution in [3.63, 3.8) is 0 Å². The van der Waals surface area contributed by atoms with Gasteiger partial charge in [0, 0.05) is 18.0 Å². The van der Waals surface area contributed by atoms with Crippen LogP contribution in [0.1, 0.15) is 39.6 Å². The maximum atomic E-state index is 4.40. The van der Waals surface area contributed by atoms with Crippen molar-refractivity contribution in [2.75, 3.05) is 13.1 Å². The molecule has 0 aromatic carbocycles. The summed E-state index contributed by atoms with van der Waals surface area (Å²) in [4.78, 5) is 4.40. The smallest absolute Gasteiger partial charge is 0.0928 e. The predicted octanol–water partition coefficient (Wildman–Crippen LogP) is 3.59. The summed E-state index contributed by atoms with van der Waals surface area (Å²) in [5.74, 6) is 1.36. The van der Waals surface area contributed by atoms with Crippen LogP contribution in [-0.2, 0) is 6.42 Å². The molecule has 0 amide bonds. The summed E-state index contributed by atoms with van der Waals surface area (Å²) in [5, 5.41) is 6.91. The molecule has 1 aromatic heterocycles. The number of nitrogens with one attached hydrogen (secondary N) is 1. The van der Waals surface area contributed by atoms with Crippen LogP contribution < -0.4 is 5.32 Å². The number of hydrogen-bond acceptors (Lipinski definition) is 3. The summed E-state index contributed by atoms with van der Waals surface area (Å²) >= 11 is 1.77. The Morgan fingerprint density at radius 1 is 1.29 bits per heavy atom. The van der Waals surface area contributed by atoms with E-state index in [-0.39, 0.29) is 0 Å². The van der Waals surface area contributed by atoms with E-state index in [1.54, 1.807) is 11.3 Å².